The second-order valence-electron chi connectivity index (χ2n) is 2.58. The van der Waals surface area contributed by atoms with Crippen LogP contribution >= 0.6 is 0 Å². The molecule has 1 aliphatic rings. The molecule has 0 fully saturated rings. The average molecular weight is 141 g/mol. The Morgan fingerprint density at radius 2 is 2.10 bits per heavy atom. The minimum absolute atomic E-state index is 0.443. The Bertz CT molecular complexity index is 105. The summed E-state index contributed by atoms with van der Waals surface area (Å²) in [5.41, 5.74) is 7.16. The molecule has 0 saturated carbocycles. The van der Waals surface area contributed by atoms with Crippen molar-refractivity contribution in [3.63, 3.8) is 0 Å². The van der Waals surface area contributed by atoms with Gasteiger partial charge < -0.3 is 5.73 Å². The molecule has 1 rings (SSSR count). The van der Waals surface area contributed by atoms with Gasteiger partial charge in [0.25, 0.3) is 0 Å². The van der Waals surface area contributed by atoms with E-state index in [1.807, 2.05) is 13.8 Å². The van der Waals surface area contributed by atoms with Gasteiger partial charge in [-0.05, 0) is 26.2 Å². The normalized spacial score (nSPS) is 24.4. The van der Waals surface area contributed by atoms with Crippen LogP contribution in [0.25, 0.3) is 0 Å². The molecule has 0 aliphatic heterocycles. The molecule has 1 unspecified atom stereocenters. The molecule has 0 radical (unpaired) electrons. The molecule has 1 nitrogen and oxygen atoms in total. The molecule has 0 amide bonds. The molecule has 2 N–H and O–H groups in total. The zero-order chi connectivity index (χ0) is 7.98. The van der Waals surface area contributed by atoms with Gasteiger partial charge in [-0.1, -0.05) is 25.5 Å². The Labute approximate surface area is 64.3 Å². The Kier molecular flexibility index (Phi) is 5.32. The van der Waals surface area contributed by atoms with Crippen molar-refractivity contribution in [3.05, 3.63) is 11.6 Å². The zero-order valence-corrected chi connectivity index (χ0v) is 7.35. The van der Waals surface area contributed by atoms with Crippen molar-refractivity contribution in [2.24, 2.45) is 5.73 Å². The highest BCUT2D eigenvalue weighted by Crippen LogP contribution is 2.14. The van der Waals surface area contributed by atoms with Gasteiger partial charge in [-0.3, -0.25) is 0 Å². The summed E-state index contributed by atoms with van der Waals surface area (Å²) in [4.78, 5) is 0. The van der Waals surface area contributed by atoms with Crippen molar-refractivity contribution < 1.29 is 0 Å². The van der Waals surface area contributed by atoms with Gasteiger partial charge in [-0.25, -0.2) is 0 Å². The van der Waals surface area contributed by atoms with Crippen molar-refractivity contribution in [1.29, 1.82) is 0 Å². The van der Waals surface area contributed by atoms with Crippen molar-refractivity contribution >= 4 is 0 Å². The van der Waals surface area contributed by atoms with E-state index in [2.05, 4.69) is 13.0 Å². The maximum atomic E-state index is 5.65. The summed E-state index contributed by atoms with van der Waals surface area (Å²) >= 11 is 0. The number of rotatable bonds is 0. The van der Waals surface area contributed by atoms with Crippen LogP contribution < -0.4 is 5.73 Å². The van der Waals surface area contributed by atoms with Crippen LogP contribution in [0.5, 0.6) is 0 Å². The third kappa shape index (κ3) is 3.67. The van der Waals surface area contributed by atoms with E-state index >= 15 is 0 Å². The summed E-state index contributed by atoms with van der Waals surface area (Å²) in [5, 5.41) is 0. The first-order valence-corrected chi connectivity index (χ1v) is 4.20. The minimum Gasteiger partial charge on any atom is -0.327 e. The predicted molar refractivity (Wildman–Crippen MR) is 46.9 cm³/mol. The lowest BCUT2D eigenvalue weighted by Crippen LogP contribution is -2.21. The van der Waals surface area contributed by atoms with E-state index in [1.165, 1.54) is 18.4 Å². The highest BCUT2D eigenvalue weighted by Gasteiger charge is 2.05. The average Bonchev–Trinajstić information content (AvgIpc) is 2.00. The summed E-state index contributed by atoms with van der Waals surface area (Å²) in [7, 11) is 0. The van der Waals surface area contributed by atoms with Crippen LogP contribution in [0.3, 0.4) is 0 Å². The smallest absolute Gasteiger partial charge is 0.00765 e. The van der Waals surface area contributed by atoms with Crippen molar-refractivity contribution in [2.75, 3.05) is 0 Å². The third-order valence-electron chi connectivity index (χ3n) is 1.68. The van der Waals surface area contributed by atoms with E-state index in [-0.39, 0.29) is 0 Å². The van der Waals surface area contributed by atoms with Crippen LogP contribution in [-0.4, -0.2) is 6.04 Å². The molecule has 1 aliphatic carbocycles. The fourth-order valence-corrected chi connectivity index (χ4v) is 0.986. The molecule has 10 heavy (non-hydrogen) atoms. The van der Waals surface area contributed by atoms with Crippen LogP contribution in [0.1, 0.15) is 40.0 Å². The molecule has 0 aromatic rings. The van der Waals surface area contributed by atoms with Crippen LogP contribution in [0.2, 0.25) is 0 Å². The molecular formula is C9H19N. The van der Waals surface area contributed by atoms with Gasteiger partial charge in [0.15, 0.2) is 0 Å². The van der Waals surface area contributed by atoms with E-state index in [4.69, 9.17) is 5.73 Å². The Morgan fingerprint density at radius 1 is 1.50 bits per heavy atom. The van der Waals surface area contributed by atoms with E-state index in [0.717, 1.165) is 6.42 Å². The molecule has 0 bridgehead atoms. The van der Waals surface area contributed by atoms with Gasteiger partial charge in [0.2, 0.25) is 0 Å². The highest BCUT2D eigenvalue weighted by molar-refractivity contribution is 5.03. The largest absolute Gasteiger partial charge is 0.327 e. The first-order valence-electron chi connectivity index (χ1n) is 4.20. The number of allylic oxidation sites excluding steroid dienone is 1. The summed E-state index contributed by atoms with van der Waals surface area (Å²) in [6.45, 7) is 6.17. The Hall–Kier alpha value is -0.300. The molecule has 0 aromatic heterocycles. The molecule has 0 saturated heterocycles. The second-order valence-corrected chi connectivity index (χ2v) is 2.58. The quantitative estimate of drug-likeness (QED) is 0.515. The van der Waals surface area contributed by atoms with Crippen LogP contribution in [0.15, 0.2) is 11.6 Å². The van der Waals surface area contributed by atoms with E-state index in [9.17, 15) is 0 Å². The van der Waals surface area contributed by atoms with Gasteiger partial charge in [0.05, 0.1) is 0 Å². The summed E-state index contributed by atoms with van der Waals surface area (Å²) < 4.78 is 0. The maximum absolute atomic E-state index is 5.65. The predicted octanol–water partition coefficient (Wildman–Crippen LogP) is 2.47. The minimum atomic E-state index is 0.443. The van der Waals surface area contributed by atoms with Gasteiger partial charge >= 0.3 is 0 Å². The number of hydrogen-bond acceptors (Lipinski definition) is 1. The molecule has 1 atom stereocenters. The van der Waals surface area contributed by atoms with E-state index in [1.54, 1.807) is 0 Å². The maximum Gasteiger partial charge on any atom is 0.00765 e. The summed E-state index contributed by atoms with van der Waals surface area (Å²) in [6.07, 6.45) is 5.73. The number of nitrogens with two attached hydrogens (primary N) is 1. The lowest BCUT2D eigenvalue weighted by Gasteiger charge is -2.14. The van der Waals surface area contributed by atoms with Crippen LogP contribution in [0, 0.1) is 0 Å². The Balaban J connectivity index is 0.000000371. The summed E-state index contributed by atoms with van der Waals surface area (Å²) in [5.74, 6) is 0. The van der Waals surface area contributed by atoms with Crippen LogP contribution in [0.4, 0.5) is 0 Å². The lowest BCUT2D eigenvalue weighted by atomic mass is 9.97. The zero-order valence-electron chi connectivity index (χ0n) is 7.35. The first-order chi connectivity index (χ1) is 4.79. The molecule has 1 heteroatoms. The summed E-state index contributed by atoms with van der Waals surface area (Å²) in [6, 6.07) is 0.443. The standard InChI is InChI=1S/C7H13N.C2H6/c1-6-2-4-7(8)5-3-6;1-2/h2,7H,3-5,8H2,1H3;1-2H3. The lowest BCUT2D eigenvalue weighted by molar-refractivity contribution is 0.590. The van der Waals surface area contributed by atoms with Crippen molar-refractivity contribution in [2.45, 2.75) is 46.1 Å². The molecule has 60 valence electrons. The molecule has 0 aromatic carbocycles. The third-order valence-corrected chi connectivity index (χ3v) is 1.68. The second kappa shape index (κ2) is 5.48. The Morgan fingerprint density at radius 3 is 2.40 bits per heavy atom. The fraction of sp³-hybridized carbons (Fsp3) is 0.778. The van der Waals surface area contributed by atoms with Gasteiger partial charge in [-0.15, -0.1) is 0 Å². The fourth-order valence-electron chi connectivity index (χ4n) is 0.986. The highest BCUT2D eigenvalue weighted by atomic mass is 14.6. The monoisotopic (exact) mass is 141 g/mol. The van der Waals surface area contributed by atoms with Crippen LogP contribution in [-0.2, 0) is 0 Å². The number of hydrogen-bond donors (Lipinski definition) is 1. The SMILES string of the molecule is CC.CC1=CCC(N)CC1. The molecule has 0 heterocycles. The first kappa shape index (κ1) is 9.70. The molecular weight excluding hydrogens is 122 g/mol. The molecule has 0 spiro atoms. The van der Waals surface area contributed by atoms with Gasteiger partial charge in [0.1, 0.15) is 0 Å². The van der Waals surface area contributed by atoms with Gasteiger partial charge in [-0.2, -0.15) is 0 Å². The van der Waals surface area contributed by atoms with Gasteiger partial charge in [0, 0.05) is 6.04 Å². The van der Waals surface area contributed by atoms with Crippen molar-refractivity contribution in [1.82, 2.24) is 0 Å². The van der Waals surface area contributed by atoms with E-state index in [0.29, 0.717) is 6.04 Å². The topological polar surface area (TPSA) is 26.0 Å². The van der Waals surface area contributed by atoms with E-state index < -0.39 is 0 Å². The van der Waals surface area contributed by atoms with Crippen molar-refractivity contribution in [3.8, 4) is 0 Å².